The van der Waals surface area contributed by atoms with Crippen molar-refractivity contribution >= 4 is 29.9 Å². The second kappa shape index (κ2) is 11.3. The van der Waals surface area contributed by atoms with Gasteiger partial charge in [0.05, 0.1) is 13.2 Å². The third-order valence-corrected chi connectivity index (χ3v) is 3.54. The van der Waals surface area contributed by atoms with E-state index in [1.165, 1.54) is 18.9 Å². The first-order chi connectivity index (χ1) is 11.6. The molecule has 25 heavy (non-hydrogen) atoms. The highest BCUT2D eigenvalue weighted by molar-refractivity contribution is 14.0. The van der Waals surface area contributed by atoms with E-state index in [4.69, 9.17) is 4.74 Å². The highest BCUT2D eigenvalue weighted by Crippen LogP contribution is 2.30. The Morgan fingerprint density at radius 3 is 2.60 bits per heavy atom. The van der Waals surface area contributed by atoms with Crippen LogP contribution in [0.3, 0.4) is 0 Å². The van der Waals surface area contributed by atoms with E-state index in [2.05, 4.69) is 20.4 Å². The van der Waals surface area contributed by atoms with Crippen LogP contribution >= 0.6 is 24.0 Å². The third kappa shape index (κ3) is 8.06. The van der Waals surface area contributed by atoms with Crippen molar-refractivity contribution in [3.63, 3.8) is 0 Å². The van der Waals surface area contributed by atoms with Gasteiger partial charge in [0.25, 0.3) is 0 Å². The molecule has 0 heterocycles. The number of hydrogen-bond donors (Lipinski definition) is 2. The SMILES string of the molecule is CCNC(=NCc1ccc(OC(F)F)c(OCC)c1)NCC1CC1.I. The molecule has 1 fully saturated rings. The fourth-order valence-electron chi connectivity index (χ4n) is 2.19. The average molecular weight is 469 g/mol. The van der Waals surface area contributed by atoms with Gasteiger partial charge in [-0.3, -0.25) is 0 Å². The first-order valence-corrected chi connectivity index (χ1v) is 8.35. The fraction of sp³-hybridized carbons (Fsp3) is 0.588. The fourth-order valence-corrected chi connectivity index (χ4v) is 2.19. The van der Waals surface area contributed by atoms with Crippen LogP contribution in [0, 0.1) is 5.92 Å². The van der Waals surface area contributed by atoms with Crippen LogP contribution in [0.25, 0.3) is 0 Å². The predicted molar refractivity (Wildman–Crippen MR) is 105 cm³/mol. The summed E-state index contributed by atoms with van der Waals surface area (Å²) in [5.41, 5.74) is 0.865. The highest BCUT2D eigenvalue weighted by atomic mass is 127. The summed E-state index contributed by atoms with van der Waals surface area (Å²) in [5, 5.41) is 6.51. The summed E-state index contributed by atoms with van der Waals surface area (Å²) in [6, 6.07) is 4.90. The van der Waals surface area contributed by atoms with Crippen LogP contribution < -0.4 is 20.1 Å². The van der Waals surface area contributed by atoms with Crippen LogP contribution in [-0.4, -0.2) is 32.3 Å². The molecule has 0 atom stereocenters. The molecule has 2 rings (SSSR count). The number of aliphatic imine (C=N–C) groups is 1. The minimum Gasteiger partial charge on any atom is -0.490 e. The molecule has 0 spiro atoms. The number of benzene rings is 1. The molecule has 1 aromatic carbocycles. The number of rotatable bonds is 9. The van der Waals surface area contributed by atoms with Crippen molar-refractivity contribution in [1.82, 2.24) is 10.6 Å². The first-order valence-electron chi connectivity index (χ1n) is 8.35. The lowest BCUT2D eigenvalue weighted by Crippen LogP contribution is -2.38. The van der Waals surface area contributed by atoms with Gasteiger partial charge in [0.15, 0.2) is 17.5 Å². The minimum absolute atomic E-state index is 0. The van der Waals surface area contributed by atoms with Crippen LogP contribution in [0.15, 0.2) is 23.2 Å². The average Bonchev–Trinajstić information content (AvgIpc) is 3.36. The van der Waals surface area contributed by atoms with Crippen LogP contribution in [0.2, 0.25) is 0 Å². The summed E-state index contributed by atoms with van der Waals surface area (Å²) in [5.74, 6) is 1.86. The Balaban J connectivity index is 0.00000312. The van der Waals surface area contributed by atoms with Crippen molar-refractivity contribution in [3.05, 3.63) is 23.8 Å². The van der Waals surface area contributed by atoms with E-state index < -0.39 is 6.61 Å². The highest BCUT2D eigenvalue weighted by Gasteiger charge is 2.21. The van der Waals surface area contributed by atoms with Gasteiger partial charge in [-0.2, -0.15) is 8.78 Å². The van der Waals surface area contributed by atoms with Crippen LogP contribution in [0.1, 0.15) is 32.3 Å². The second-order valence-corrected chi connectivity index (χ2v) is 5.61. The summed E-state index contributed by atoms with van der Waals surface area (Å²) in [4.78, 5) is 4.53. The van der Waals surface area contributed by atoms with Gasteiger partial charge in [0.1, 0.15) is 0 Å². The first kappa shape index (κ1) is 21.7. The molecule has 0 unspecified atom stereocenters. The molecule has 1 saturated carbocycles. The van der Waals surface area contributed by atoms with Gasteiger partial charge in [-0.1, -0.05) is 6.07 Å². The normalized spacial score (nSPS) is 14.0. The van der Waals surface area contributed by atoms with Gasteiger partial charge < -0.3 is 20.1 Å². The Bertz CT molecular complexity index is 555. The van der Waals surface area contributed by atoms with Crippen LogP contribution in [0.5, 0.6) is 11.5 Å². The molecule has 0 amide bonds. The predicted octanol–water partition coefficient (Wildman–Crippen LogP) is 3.77. The van der Waals surface area contributed by atoms with E-state index in [-0.39, 0.29) is 29.7 Å². The number of nitrogens with zero attached hydrogens (tertiary/aromatic N) is 1. The third-order valence-electron chi connectivity index (χ3n) is 3.54. The quantitative estimate of drug-likeness (QED) is 0.329. The standard InChI is InChI=1S/C17H25F2N3O2.HI/c1-3-20-17(21-10-12-5-6-12)22-11-13-7-8-14(24-16(18)19)15(9-13)23-4-2;/h7-9,12,16H,3-6,10-11H2,1-2H3,(H2,20,21,22);1H. The Labute approximate surface area is 164 Å². The maximum absolute atomic E-state index is 12.4. The Morgan fingerprint density at radius 1 is 1.24 bits per heavy atom. The number of halogens is 3. The largest absolute Gasteiger partial charge is 0.490 e. The van der Waals surface area contributed by atoms with E-state index in [9.17, 15) is 8.78 Å². The molecule has 0 aliphatic heterocycles. The van der Waals surface area contributed by atoms with Crippen molar-refractivity contribution in [2.24, 2.45) is 10.9 Å². The van der Waals surface area contributed by atoms with Crippen LogP contribution in [0.4, 0.5) is 8.78 Å². The Morgan fingerprint density at radius 2 is 2.00 bits per heavy atom. The number of guanidine groups is 1. The molecule has 0 radical (unpaired) electrons. The summed E-state index contributed by atoms with van der Waals surface area (Å²) >= 11 is 0. The van der Waals surface area contributed by atoms with Gasteiger partial charge in [-0.15, -0.1) is 24.0 Å². The van der Waals surface area contributed by atoms with Crippen molar-refractivity contribution in [2.45, 2.75) is 39.8 Å². The molecule has 0 aromatic heterocycles. The topological polar surface area (TPSA) is 54.9 Å². The molecule has 8 heteroatoms. The molecule has 5 nitrogen and oxygen atoms in total. The summed E-state index contributed by atoms with van der Waals surface area (Å²) in [7, 11) is 0. The Hall–Kier alpha value is -1.32. The molecule has 2 N–H and O–H groups in total. The summed E-state index contributed by atoms with van der Waals surface area (Å²) < 4.78 is 34.7. The van der Waals surface area contributed by atoms with Gasteiger partial charge in [0, 0.05) is 13.1 Å². The van der Waals surface area contributed by atoms with E-state index in [0.717, 1.165) is 30.5 Å². The Kier molecular flexibility index (Phi) is 9.84. The van der Waals surface area contributed by atoms with E-state index in [1.807, 2.05) is 6.92 Å². The van der Waals surface area contributed by atoms with E-state index in [0.29, 0.717) is 18.9 Å². The van der Waals surface area contributed by atoms with Crippen LogP contribution in [-0.2, 0) is 6.54 Å². The second-order valence-electron chi connectivity index (χ2n) is 5.61. The molecule has 0 bridgehead atoms. The monoisotopic (exact) mass is 469 g/mol. The van der Waals surface area contributed by atoms with Gasteiger partial charge in [0.2, 0.25) is 0 Å². The van der Waals surface area contributed by atoms with Gasteiger partial charge >= 0.3 is 6.61 Å². The lowest BCUT2D eigenvalue weighted by atomic mass is 10.2. The van der Waals surface area contributed by atoms with Gasteiger partial charge in [-0.25, -0.2) is 4.99 Å². The van der Waals surface area contributed by atoms with Gasteiger partial charge in [-0.05, 0) is 50.3 Å². The smallest absolute Gasteiger partial charge is 0.387 e. The maximum atomic E-state index is 12.4. The van der Waals surface area contributed by atoms with Crippen molar-refractivity contribution < 1.29 is 18.3 Å². The molecule has 1 aliphatic carbocycles. The summed E-state index contributed by atoms with van der Waals surface area (Å²) in [6.07, 6.45) is 2.55. The van der Waals surface area contributed by atoms with Crippen molar-refractivity contribution in [1.29, 1.82) is 0 Å². The zero-order valence-electron chi connectivity index (χ0n) is 14.6. The minimum atomic E-state index is -2.87. The number of hydrogen-bond acceptors (Lipinski definition) is 3. The zero-order valence-corrected chi connectivity index (χ0v) is 16.9. The number of ether oxygens (including phenoxy) is 2. The number of nitrogens with one attached hydrogen (secondary N) is 2. The van der Waals surface area contributed by atoms with Crippen molar-refractivity contribution in [2.75, 3.05) is 19.7 Å². The number of alkyl halides is 2. The molecule has 142 valence electrons. The lowest BCUT2D eigenvalue weighted by molar-refractivity contribution is -0.0514. The molecule has 0 saturated heterocycles. The molecule has 1 aliphatic rings. The molecular weight excluding hydrogens is 443 g/mol. The van der Waals surface area contributed by atoms with E-state index in [1.54, 1.807) is 19.1 Å². The lowest BCUT2D eigenvalue weighted by Gasteiger charge is -2.13. The maximum Gasteiger partial charge on any atom is 0.387 e. The molecule has 1 aromatic rings. The summed E-state index contributed by atoms with van der Waals surface area (Å²) in [6.45, 7) is 3.44. The zero-order chi connectivity index (χ0) is 17.4. The van der Waals surface area contributed by atoms with Crippen molar-refractivity contribution in [3.8, 4) is 11.5 Å². The molecular formula is C17H26F2IN3O2. The van der Waals surface area contributed by atoms with E-state index >= 15 is 0 Å².